The molecule has 0 aliphatic carbocycles. The van der Waals surface area contributed by atoms with Gasteiger partial charge in [0.2, 0.25) is 5.95 Å². The Morgan fingerprint density at radius 2 is 2.27 bits per heavy atom. The maximum absolute atomic E-state index is 12.2. The van der Waals surface area contributed by atoms with Gasteiger partial charge in [-0.05, 0) is 35.0 Å². The Labute approximate surface area is 140 Å². The van der Waals surface area contributed by atoms with Gasteiger partial charge in [-0.25, -0.2) is 14.4 Å². The van der Waals surface area contributed by atoms with E-state index in [1.54, 1.807) is 25.3 Å². The molecule has 0 amide bonds. The number of nitrogens with zero attached hydrogens (tertiary/aromatic N) is 2. The second kappa shape index (κ2) is 7.51. The number of hydrogen-bond donors (Lipinski definition) is 3. The summed E-state index contributed by atoms with van der Waals surface area (Å²) in [6, 6.07) is 3.57. The second-order valence-corrected chi connectivity index (χ2v) is 5.70. The minimum absolute atomic E-state index is 0.189. The van der Waals surface area contributed by atoms with E-state index in [1.807, 2.05) is 0 Å². The molecule has 116 valence electrons. The fourth-order valence-electron chi connectivity index (χ4n) is 1.77. The first kappa shape index (κ1) is 16.6. The standard InChI is InChI=1S/C14H14BrClFN5/c1-8(19-3-2-17)13(6-18)22-14-20-7-9-4-11(16)10(15)5-12(9)21-14/h4-7,18-19H,2-3H2,1H3,(H,20,21,22)/b13-8+,18-6?. The Morgan fingerprint density at radius 3 is 2.95 bits per heavy atom. The van der Waals surface area contributed by atoms with Crippen LogP contribution in [-0.4, -0.2) is 29.4 Å². The van der Waals surface area contributed by atoms with Crippen LogP contribution in [0.3, 0.4) is 0 Å². The van der Waals surface area contributed by atoms with Crippen LogP contribution in [0.2, 0.25) is 5.02 Å². The van der Waals surface area contributed by atoms with Gasteiger partial charge in [-0.1, -0.05) is 11.6 Å². The van der Waals surface area contributed by atoms with Gasteiger partial charge in [0.1, 0.15) is 6.67 Å². The molecule has 22 heavy (non-hydrogen) atoms. The van der Waals surface area contributed by atoms with Crippen LogP contribution in [0, 0.1) is 5.41 Å². The largest absolute Gasteiger partial charge is 0.384 e. The molecule has 0 saturated carbocycles. The van der Waals surface area contributed by atoms with E-state index in [4.69, 9.17) is 17.0 Å². The van der Waals surface area contributed by atoms with E-state index in [1.165, 1.54) is 0 Å². The second-order valence-electron chi connectivity index (χ2n) is 4.44. The summed E-state index contributed by atoms with van der Waals surface area (Å²) < 4.78 is 12.9. The fraction of sp³-hybridized carbons (Fsp3) is 0.214. The van der Waals surface area contributed by atoms with Gasteiger partial charge in [0.15, 0.2) is 0 Å². The van der Waals surface area contributed by atoms with Crippen LogP contribution in [0.1, 0.15) is 6.92 Å². The third-order valence-electron chi connectivity index (χ3n) is 2.90. The highest BCUT2D eigenvalue weighted by atomic mass is 79.9. The lowest BCUT2D eigenvalue weighted by atomic mass is 10.2. The molecule has 5 nitrogen and oxygen atoms in total. The summed E-state index contributed by atoms with van der Waals surface area (Å²) in [6.07, 6.45) is 2.78. The van der Waals surface area contributed by atoms with Gasteiger partial charge >= 0.3 is 0 Å². The van der Waals surface area contributed by atoms with Gasteiger partial charge in [-0.2, -0.15) is 0 Å². The quantitative estimate of drug-likeness (QED) is 0.658. The Hall–Kier alpha value is -1.73. The third-order valence-corrected chi connectivity index (χ3v) is 4.10. The zero-order valence-corrected chi connectivity index (χ0v) is 14.1. The zero-order chi connectivity index (χ0) is 16.1. The van der Waals surface area contributed by atoms with Crippen molar-refractivity contribution in [3.63, 3.8) is 0 Å². The molecule has 0 unspecified atom stereocenters. The first-order chi connectivity index (χ1) is 10.5. The fourth-order valence-corrected chi connectivity index (χ4v) is 2.28. The molecule has 1 aromatic carbocycles. The molecule has 0 radical (unpaired) electrons. The summed E-state index contributed by atoms with van der Waals surface area (Å²) in [5.74, 6) is 0.349. The van der Waals surface area contributed by atoms with Crippen LogP contribution in [0.15, 0.2) is 34.2 Å². The van der Waals surface area contributed by atoms with Crippen LogP contribution < -0.4 is 10.6 Å². The molecule has 0 aliphatic rings. The van der Waals surface area contributed by atoms with E-state index in [-0.39, 0.29) is 6.54 Å². The Kier molecular flexibility index (Phi) is 5.68. The van der Waals surface area contributed by atoms with E-state index in [2.05, 4.69) is 36.5 Å². The van der Waals surface area contributed by atoms with Crippen molar-refractivity contribution < 1.29 is 4.39 Å². The van der Waals surface area contributed by atoms with Gasteiger partial charge < -0.3 is 16.0 Å². The molecule has 0 atom stereocenters. The van der Waals surface area contributed by atoms with Crippen molar-refractivity contribution in [3.05, 3.63) is 39.2 Å². The summed E-state index contributed by atoms with van der Waals surface area (Å²) in [4.78, 5) is 8.57. The summed E-state index contributed by atoms with van der Waals surface area (Å²) in [7, 11) is 0. The number of aromatic nitrogens is 2. The Morgan fingerprint density at radius 1 is 1.50 bits per heavy atom. The van der Waals surface area contributed by atoms with Crippen molar-refractivity contribution in [2.75, 3.05) is 18.5 Å². The van der Waals surface area contributed by atoms with E-state index >= 15 is 0 Å². The minimum Gasteiger partial charge on any atom is -0.384 e. The summed E-state index contributed by atoms with van der Waals surface area (Å²) >= 11 is 9.38. The van der Waals surface area contributed by atoms with Crippen LogP contribution in [0.4, 0.5) is 10.3 Å². The number of anilines is 1. The average Bonchev–Trinajstić information content (AvgIpc) is 2.51. The highest BCUT2D eigenvalue weighted by molar-refractivity contribution is 9.10. The lowest BCUT2D eigenvalue weighted by molar-refractivity contribution is 0.482. The number of allylic oxidation sites excluding steroid dienone is 2. The maximum Gasteiger partial charge on any atom is 0.227 e. The molecule has 0 aliphatic heterocycles. The molecule has 1 heterocycles. The van der Waals surface area contributed by atoms with Gasteiger partial charge in [-0.15, -0.1) is 0 Å². The van der Waals surface area contributed by atoms with Crippen LogP contribution >= 0.6 is 27.5 Å². The molecule has 3 N–H and O–H groups in total. The summed E-state index contributed by atoms with van der Waals surface area (Å²) in [6.45, 7) is 1.46. The smallest absolute Gasteiger partial charge is 0.227 e. The summed E-state index contributed by atoms with van der Waals surface area (Å²) in [5.41, 5.74) is 1.84. The SMILES string of the molecule is C/C(NCCF)=C(/C=N)Nc1ncc2cc(Cl)c(Br)cc2n1. The van der Waals surface area contributed by atoms with Crippen molar-refractivity contribution in [2.45, 2.75) is 6.92 Å². The van der Waals surface area contributed by atoms with Crippen LogP contribution in [0.25, 0.3) is 10.9 Å². The maximum atomic E-state index is 12.2. The molecular formula is C14H14BrClFN5. The number of hydrogen-bond acceptors (Lipinski definition) is 5. The predicted molar refractivity (Wildman–Crippen MR) is 91.3 cm³/mol. The highest BCUT2D eigenvalue weighted by Gasteiger charge is 2.06. The number of halogens is 3. The molecule has 1 aromatic heterocycles. The molecular weight excluding hydrogens is 373 g/mol. The average molecular weight is 387 g/mol. The van der Waals surface area contributed by atoms with Crippen molar-refractivity contribution >= 4 is 50.6 Å². The number of fused-ring (bicyclic) bond motifs is 1. The number of alkyl halides is 1. The Balaban J connectivity index is 2.30. The van der Waals surface area contributed by atoms with E-state index in [0.29, 0.717) is 27.9 Å². The molecule has 0 fully saturated rings. The lowest BCUT2D eigenvalue weighted by Crippen LogP contribution is -2.19. The predicted octanol–water partition coefficient (Wildman–Crippen LogP) is 3.90. The van der Waals surface area contributed by atoms with E-state index < -0.39 is 6.67 Å². The van der Waals surface area contributed by atoms with E-state index in [9.17, 15) is 4.39 Å². The molecule has 0 spiro atoms. The van der Waals surface area contributed by atoms with Gasteiger partial charge in [0.05, 0.1) is 16.2 Å². The van der Waals surface area contributed by atoms with Crippen molar-refractivity contribution in [1.82, 2.24) is 15.3 Å². The molecule has 8 heteroatoms. The van der Waals surface area contributed by atoms with Crippen molar-refractivity contribution in [1.29, 1.82) is 5.41 Å². The normalized spacial score (nSPS) is 12.0. The van der Waals surface area contributed by atoms with Gasteiger partial charge in [0.25, 0.3) is 0 Å². The number of benzene rings is 1. The highest BCUT2D eigenvalue weighted by Crippen LogP contribution is 2.27. The van der Waals surface area contributed by atoms with Crippen LogP contribution in [-0.2, 0) is 0 Å². The minimum atomic E-state index is -0.482. The molecule has 2 rings (SSSR count). The molecule has 0 bridgehead atoms. The number of nitrogens with one attached hydrogen (secondary N) is 3. The van der Waals surface area contributed by atoms with Crippen molar-refractivity contribution in [2.24, 2.45) is 0 Å². The molecule has 0 saturated heterocycles. The topological polar surface area (TPSA) is 73.7 Å². The zero-order valence-electron chi connectivity index (χ0n) is 11.8. The van der Waals surface area contributed by atoms with Crippen LogP contribution in [0.5, 0.6) is 0 Å². The monoisotopic (exact) mass is 385 g/mol. The lowest BCUT2D eigenvalue weighted by Gasteiger charge is -2.11. The number of rotatable bonds is 6. The van der Waals surface area contributed by atoms with E-state index in [0.717, 1.165) is 16.1 Å². The Bertz CT molecular complexity index is 734. The first-order valence-electron chi connectivity index (χ1n) is 6.45. The first-order valence-corrected chi connectivity index (χ1v) is 7.62. The van der Waals surface area contributed by atoms with Crippen molar-refractivity contribution in [3.8, 4) is 0 Å². The molecule has 2 aromatic rings. The van der Waals surface area contributed by atoms with Gasteiger partial charge in [-0.3, -0.25) is 0 Å². The third kappa shape index (κ3) is 3.92. The van der Waals surface area contributed by atoms with Gasteiger partial charge in [0, 0.05) is 34.5 Å². The summed E-state index contributed by atoms with van der Waals surface area (Å²) in [5, 5.41) is 14.7.